The SMILES string of the molecule is Cc1cc(Cl)ccc1OCC(=O)Nc1nnc(SC/C=C/c2ccccc2)s1. The normalized spacial score (nSPS) is 10.9. The molecule has 1 amide bonds. The van der Waals surface area contributed by atoms with Gasteiger partial charge in [-0.3, -0.25) is 10.1 Å². The number of aromatic nitrogens is 2. The Balaban J connectivity index is 1.43. The van der Waals surface area contributed by atoms with Crippen LogP contribution >= 0.6 is 34.7 Å². The highest BCUT2D eigenvalue weighted by molar-refractivity contribution is 8.01. The monoisotopic (exact) mass is 431 g/mol. The highest BCUT2D eigenvalue weighted by Crippen LogP contribution is 2.26. The predicted molar refractivity (Wildman–Crippen MR) is 116 cm³/mol. The van der Waals surface area contributed by atoms with E-state index < -0.39 is 0 Å². The Morgan fingerprint density at radius 1 is 1.25 bits per heavy atom. The second kappa shape index (κ2) is 10.3. The average Bonchev–Trinajstić information content (AvgIpc) is 3.12. The molecule has 144 valence electrons. The number of nitrogens with one attached hydrogen (secondary N) is 1. The van der Waals surface area contributed by atoms with E-state index in [2.05, 4.69) is 27.7 Å². The third-order valence-electron chi connectivity index (χ3n) is 3.56. The molecule has 5 nitrogen and oxygen atoms in total. The summed E-state index contributed by atoms with van der Waals surface area (Å²) in [6.45, 7) is 1.77. The summed E-state index contributed by atoms with van der Waals surface area (Å²) in [5.41, 5.74) is 2.03. The molecule has 0 unspecified atom stereocenters. The van der Waals surface area contributed by atoms with Crippen molar-refractivity contribution < 1.29 is 9.53 Å². The van der Waals surface area contributed by atoms with Gasteiger partial charge in [-0.1, -0.05) is 77.2 Å². The second-order valence-electron chi connectivity index (χ2n) is 5.74. The third kappa shape index (κ3) is 6.37. The molecule has 3 aromatic rings. The van der Waals surface area contributed by atoms with Gasteiger partial charge in [0.05, 0.1) is 0 Å². The number of amides is 1. The van der Waals surface area contributed by atoms with Gasteiger partial charge in [-0.25, -0.2) is 0 Å². The van der Waals surface area contributed by atoms with Gasteiger partial charge >= 0.3 is 0 Å². The van der Waals surface area contributed by atoms with Gasteiger partial charge in [-0.15, -0.1) is 10.2 Å². The highest BCUT2D eigenvalue weighted by atomic mass is 35.5. The minimum absolute atomic E-state index is 0.107. The number of benzene rings is 2. The van der Waals surface area contributed by atoms with Crippen LogP contribution in [0.2, 0.25) is 5.02 Å². The van der Waals surface area contributed by atoms with Crippen LogP contribution in [0.3, 0.4) is 0 Å². The first-order chi connectivity index (χ1) is 13.6. The molecule has 0 saturated heterocycles. The molecule has 1 aromatic heterocycles. The van der Waals surface area contributed by atoms with Crippen molar-refractivity contribution in [1.29, 1.82) is 0 Å². The summed E-state index contributed by atoms with van der Waals surface area (Å²) in [5, 5.41) is 11.9. The fourth-order valence-electron chi connectivity index (χ4n) is 2.26. The van der Waals surface area contributed by atoms with E-state index in [9.17, 15) is 4.79 Å². The van der Waals surface area contributed by atoms with E-state index in [1.165, 1.54) is 11.3 Å². The van der Waals surface area contributed by atoms with Crippen molar-refractivity contribution in [3.05, 3.63) is 70.8 Å². The molecule has 0 aliphatic heterocycles. The number of carbonyl (C=O) groups excluding carboxylic acids is 1. The summed E-state index contributed by atoms with van der Waals surface area (Å²) in [4.78, 5) is 12.0. The quantitative estimate of drug-likeness (QED) is 0.386. The molecular formula is C20H18ClN3O2S2. The lowest BCUT2D eigenvalue weighted by atomic mass is 10.2. The largest absolute Gasteiger partial charge is 0.483 e. The van der Waals surface area contributed by atoms with Crippen LogP contribution in [0.1, 0.15) is 11.1 Å². The molecular weight excluding hydrogens is 414 g/mol. The van der Waals surface area contributed by atoms with Crippen LogP contribution in [0, 0.1) is 6.92 Å². The van der Waals surface area contributed by atoms with Crippen molar-refractivity contribution in [2.75, 3.05) is 17.7 Å². The lowest BCUT2D eigenvalue weighted by Gasteiger charge is -2.08. The second-order valence-corrected chi connectivity index (χ2v) is 8.42. The van der Waals surface area contributed by atoms with Crippen LogP contribution in [0.15, 0.2) is 58.9 Å². The molecule has 3 rings (SSSR count). The number of hydrogen-bond acceptors (Lipinski definition) is 6. The lowest BCUT2D eigenvalue weighted by molar-refractivity contribution is -0.118. The van der Waals surface area contributed by atoms with Crippen LogP contribution in [0.4, 0.5) is 5.13 Å². The van der Waals surface area contributed by atoms with E-state index in [4.69, 9.17) is 16.3 Å². The standard InChI is InChI=1S/C20H18ClN3O2S2/c1-14-12-16(21)9-10-17(14)26-13-18(25)22-19-23-24-20(28-19)27-11-5-8-15-6-3-2-4-7-15/h2-10,12H,11,13H2,1H3,(H,22,23,25)/b8-5+. The van der Waals surface area contributed by atoms with E-state index in [-0.39, 0.29) is 12.5 Å². The topological polar surface area (TPSA) is 64.1 Å². The summed E-state index contributed by atoms with van der Waals surface area (Å²) < 4.78 is 6.32. The minimum atomic E-state index is -0.286. The summed E-state index contributed by atoms with van der Waals surface area (Å²) >= 11 is 8.81. The maximum atomic E-state index is 12.0. The number of halogens is 1. The zero-order valence-corrected chi connectivity index (χ0v) is 17.5. The van der Waals surface area contributed by atoms with Gasteiger partial charge < -0.3 is 4.74 Å². The Bertz CT molecular complexity index is 961. The van der Waals surface area contributed by atoms with Gasteiger partial charge in [0.1, 0.15) is 5.75 Å². The van der Waals surface area contributed by atoms with E-state index in [0.29, 0.717) is 15.9 Å². The molecule has 0 spiro atoms. The van der Waals surface area contributed by atoms with Gasteiger partial charge in [-0.2, -0.15) is 0 Å². The van der Waals surface area contributed by atoms with Crippen molar-refractivity contribution in [2.45, 2.75) is 11.3 Å². The molecule has 0 fully saturated rings. The van der Waals surface area contributed by atoms with Gasteiger partial charge in [0.25, 0.3) is 5.91 Å². The summed E-state index contributed by atoms with van der Waals surface area (Å²) in [5.74, 6) is 1.11. The smallest absolute Gasteiger partial charge is 0.264 e. The van der Waals surface area contributed by atoms with E-state index in [1.807, 2.05) is 37.3 Å². The van der Waals surface area contributed by atoms with Crippen LogP contribution in [-0.2, 0) is 4.79 Å². The Hall–Kier alpha value is -2.35. The molecule has 2 aromatic carbocycles. The van der Waals surface area contributed by atoms with Gasteiger partial charge in [0.2, 0.25) is 5.13 Å². The summed E-state index contributed by atoms with van der Waals surface area (Å²) in [6.07, 6.45) is 4.13. The van der Waals surface area contributed by atoms with Gasteiger partial charge in [-0.05, 0) is 36.2 Å². The lowest BCUT2D eigenvalue weighted by Crippen LogP contribution is -2.20. The first-order valence-electron chi connectivity index (χ1n) is 8.47. The molecule has 28 heavy (non-hydrogen) atoms. The van der Waals surface area contributed by atoms with Crippen LogP contribution in [0.25, 0.3) is 6.08 Å². The zero-order chi connectivity index (χ0) is 19.8. The van der Waals surface area contributed by atoms with Gasteiger partial charge in [0.15, 0.2) is 10.9 Å². The van der Waals surface area contributed by atoms with Gasteiger partial charge in [0, 0.05) is 10.8 Å². The van der Waals surface area contributed by atoms with E-state index in [0.717, 1.165) is 21.2 Å². The summed E-state index contributed by atoms with van der Waals surface area (Å²) in [7, 11) is 0. The maximum Gasteiger partial charge on any atom is 0.264 e. The maximum absolute atomic E-state index is 12.0. The molecule has 0 aliphatic rings. The van der Waals surface area contributed by atoms with E-state index in [1.54, 1.807) is 30.0 Å². The molecule has 0 atom stereocenters. The predicted octanol–water partition coefficient (Wildman–Crippen LogP) is 5.32. The first kappa shape index (κ1) is 20.4. The number of hydrogen-bond donors (Lipinski definition) is 1. The number of anilines is 1. The van der Waals surface area contributed by atoms with Crippen molar-refractivity contribution in [2.24, 2.45) is 0 Å². The fraction of sp³-hybridized carbons (Fsp3) is 0.150. The number of rotatable bonds is 8. The molecule has 1 heterocycles. The fourth-order valence-corrected chi connectivity index (χ4v) is 4.09. The Morgan fingerprint density at radius 3 is 2.86 bits per heavy atom. The molecule has 0 bridgehead atoms. The average molecular weight is 432 g/mol. The number of ether oxygens (including phenoxy) is 1. The molecule has 8 heteroatoms. The van der Waals surface area contributed by atoms with Crippen LogP contribution in [-0.4, -0.2) is 28.5 Å². The van der Waals surface area contributed by atoms with Crippen molar-refractivity contribution >= 4 is 51.8 Å². The Morgan fingerprint density at radius 2 is 2.07 bits per heavy atom. The minimum Gasteiger partial charge on any atom is -0.483 e. The third-order valence-corrected chi connectivity index (χ3v) is 5.72. The van der Waals surface area contributed by atoms with Crippen molar-refractivity contribution in [1.82, 2.24) is 10.2 Å². The molecule has 1 N–H and O–H groups in total. The first-order valence-corrected chi connectivity index (χ1v) is 10.6. The Kier molecular flexibility index (Phi) is 7.47. The number of nitrogens with zero attached hydrogens (tertiary/aromatic N) is 2. The van der Waals surface area contributed by atoms with Crippen molar-refractivity contribution in [3.8, 4) is 5.75 Å². The van der Waals surface area contributed by atoms with Crippen LogP contribution in [0.5, 0.6) is 5.75 Å². The summed E-state index contributed by atoms with van der Waals surface area (Å²) in [6, 6.07) is 15.4. The molecule has 0 aliphatic carbocycles. The molecule has 0 radical (unpaired) electrons. The van der Waals surface area contributed by atoms with Crippen LogP contribution < -0.4 is 10.1 Å². The van der Waals surface area contributed by atoms with E-state index >= 15 is 0 Å². The molecule has 0 saturated carbocycles. The van der Waals surface area contributed by atoms with Crippen molar-refractivity contribution in [3.63, 3.8) is 0 Å². The number of carbonyl (C=O) groups is 1. The number of thioether (sulfide) groups is 1. The highest BCUT2D eigenvalue weighted by Gasteiger charge is 2.10. The Labute approximate surface area is 176 Å². The zero-order valence-electron chi connectivity index (χ0n) is 15.1. The number of aryl methyl sites for hydroxylation is 1.